The van der Waals surface area contributed by atoms with Gasteiger partial charge >= 0.3 is 18.1 Å². The van der Waals surface area contributed by atoms with Crippen LogP contribution in [0, 0.1) is 6.92 Å². The first-order chi connectivity index (χ1) is 11.6. The Morgan fingerprint density at radius 2 is 1.72 bits per heavy atom. The Hall–Kier alpha value is -3.11. The first kappa shape index (κ1) is 19.9. The summed E-state index contributed by atoms with van der Waals surface area (Å²) in [5, 5.41) is 19.8. The highest BCUT2D eigenvalue weighted by molar-refractivity contribution is 5.73. The Morgan fingerprint density at radius 1 is 1.16 bits per heavy atom. The molecule has 2 rings (SSSR count). The second-order valence-electron chi connectivity index (χ2n) is 4.71. The smallest absolute Gasteiger partial charge is 0.481 e. The standard InChI is InChI=1S/C12H12N4O2.C2HF3O2/c1-9-6-13-12(14-7-9)10-2-4-16(15-8-10)5-3-11(17)18;3-2(4,5)1(6)7/h2,4,6-8H,3,5H2,1H3;(H,6,7)/p+1. The topological polar surface area (TPSA) is 117 Å². The highest BCUT2D eigenvalue weighted by Crippen LogP contribution is 2.13. The molecule has 8 nitrogen and oxygen atoms in total. The molecule has 2 heterocycles. The van der Waals surface area contributed by atoms with Crippen LogP contribution in [0.2, 0.25) is 0 Å². The largest absolute Gasteiger partial charge is 0.490 e. The van der Waals surface area contributed by atoms with Crippen LogP contribution in [0.25, 0.3) is 11.4 Å². The number of carboxylic acids is 2. The van der Waals surface area contributed by atoms with Crippen LogP contribution in [0.15, 0.2) is 30.9 Å². The number of aliphatic carboxylic acids is 2. The summed E-state index contributed by atoms with van der Waals surface area (Å²) in [5.41, 5.74) is 1.81. The van der Waals surface area contributed by atoms with E-state index < -0.39 is 18.1 Å². The lowest BCUT2D eigenvalue weighted by molar-refractivity contribution is -0.752. The molecule has 0 spiro atoms. The van der Waals surface area contributed by atoms with Crippen molar-refractivity contribution < 1.29 is 37.7 Å². The lowest BCUT2D eigenvalue weighted by Gasteiger charge is -1.98. The van der Waals surface area contributed by atoms with Gasteiger partial charge in [-0.1, -0.05) is 4.68 Å². The molecular formula is C14H14F3N4O4+. The van der Waals surface area contributed by atoms with Crippen molar-refractivity contribution in [2.45, 2.75) is 26.1 Å². The van der Waals surface area contributed by atoms with Gasteiger partial charge in [-0.15, -0.1) is 0 Å². The Kier molecular flexibility index (Phi) is 6.91. The van der Waals surface area contributed by atoms with Gasteiger partial charge in [-0.3, -0.25) is 4.79 Å². The molecule has 0 saturated heterocycles. The van der Waals surface area contributed by atoms with Crippen molar-refractivity contribution in [1.29, 1.82) is 0 Å². The maximum Gasteiger partial charge on any atom is 0.490 e. The van der Waals surface area contributed by atoms with Crippen molar-refractivity contribution in [2.24, 2.45) is 0 Å². The van der Waals surface area contributed by atoms with E-state index in [0.29, 0.717) is 12.4 Å². The van der Waals surface area contributed by atoms with Crippen molar-refractivity contribution in [3.63, 3.8) is 0 Å². The summed E-state index contributed by atoms with van der Waals surface area (Å²) < 4.78 is 33.3. The zero-order chi connectivity index (χ0) is 19.0. The molecule has 2 aromatic rings. The van der Waals surface area contributed by atoms with Gasteiger partial charge in [-0.05, 0) is 17.6 Å². The second kappa shape index (κ2) is 8.66. The van der Waals surface area contributed by atoms with Crippen molar-refractivity contribution >= 4 is 11.9 Å². The maximum absolute atomic E-state index is 10.6. The minimum absolute atomic E-state index is 0.0536. The van der Waals surface area contributed by atoms with E-state index >= 15 is 0 Å². The molecular weight excluding hydrogens is 345 g/mol. The summed E-state index contributed by atoms with van der Waals surface area (Å²) in [5.74, 6) is -2.98. The highest BCUT2D eigenvalue weighted by atomic mass is 19.4. The van der Waals surface area contributed by atoms with Gasteiger partial charge in [0.15, 0.2) is 18.6 Å². The van der Waals surface area contributed by atoms with Gasteiger partial charge in [0.1, 0.15) is 12.6 Å². The highest BCUT2D eigenvalue weighted by Gasteiger charge is 2.38. The third kappa shape index (κ3) is 7.33. The number of aromatic nitrogens is 4. The average Bonchev–Trinajstić information content (AvgIpc) is 2.54. The third-order valence-corrected chi connectivity index (χ3v) is 2.61. The number of hydrogen-bond acceptors (Lipinski definition) is 5. The van der Waals surface area contributed by atoms with E-state index in [4.69, 9.17) is 15.0 Å². The van der Waals surface area contributed by atoms with Gasteiger partial charge in [0.25, 0.3) is 0 Å². The molecule has 0 aliphatic carbocycles. The summed E-state index contributed by atoms with van der Waals surface area (Å²) in [6.45, 7) is 2.28. The minimum Gasteiger partial charge on any atom is -0.481 e. The second-order valence-corrected chi connectivity index (χ2v) is 4.71. The molecule has 2 aromatic heterocycles. The van der Waals surface area contributed by atoms with Crippen LogP contribution < -0.4 is 4.68 Å². The number of alkyl halides is 3. The van der Waals surface area contributed by atoms with E-state index in [1.54, 1.807) is 29.5 Å². The van der Waals surface area contributed by atoms with Crippen molar-refractivity contribution in [2.75, 3.05) is 0 Å². The van der Waals surface area contributed by atoms with Crippen LogP contribution in [-0.4, -0.2) is 43.4 Å². The maximum atomic E-state index is 10.6. The first-order valence-corrected chi connectivity index (χ1v) is 6.76. The van der Waals surface area contributed by atoms with E-state index in [1.165, 1.54) is 0 Å². The molecule has 2 N–H and O–H groups in total. The predicted molar refractivity (Wildman–Crippen MR) is 76.1 cm³/mol. The van der Waals surface area contributed by atoms with Crippen molar-refractivity contribution in [3.8, 4) is 11.4 Å². The Balaban J connectivity index is 0.000000381. The molecule has 25 heavy (non-hydrogen) atoms. The van der Waals surface area contributed by atoms with Crippen LogP contribution in [0.5, 0.6) is 0 Å². The van der Waals surface area contributed by atoms with Crippen molar-refractivity contribution in [1.82, 2.24) is 15.1 Å². The SMILES string of the molecule is Cc1cnc(-c2cc[n+](CCC(=O)O)nc2)nc1.O=C(O)C(F)(F)F. The molecule has 0 aliphatic rings. The van der Waals surface area contributed by atoms with E-state index in [2.05, 4.69) is 15.1 Å². The van der Waals surface area contributed by atoms with E-state index in [9.17, 15) is 18.0 Å². The zero-order valence-electron chi connectivity index (χ0n) is 12.9. The van der Waals surface area contributed by atoms with Gasteiger partial charge in [0.05, 0.1) is 0 Å². The minimum atomic E-state index is -5.08. The molecule has 0 radical (unpaired) electrons. The fraction of sp³-hybridized carbons (Fsp3) is 0.286. The molecule has 0 saturated carbocycles. The lowest BCUT2D eigenvalue weighted by Crippen LogP contribution is -2.38. The fourth-order valence-electron chi connectivity index (χ4n) is 1.40. The number of carbonyl (C=O) groups is 2. The average molecular weight is 359 g/mol. The molecule has 0 bridgehead atoms. The van der Waals surface area contributed by atoms with Gasteiger partial charge in [-0.2, -0.15) is 13.2 Å². The van der Waals surface area contributed by atoms with Crippen LogP contribution in [0.4, 0.5) is 13.2 Å². The number of rotatable bonds is 4. The summed E-state index contributed by atoms with van der Waals surface area (Å²) in [4.78, 5) is 27.7. The molecule has 134 valence electrons. The monoisotopic (exact) mass is 359 g/mol. The quantitative estimate of drug-likeness (QED) is 0.789. The van der Waals surface area contributed by atoms with Crippen LogP contribution >= 0.6 is 0 Å². The molecule has 0 unspecified atom stereocenters. The summed E-state index contributed by atoms with van der Waals surface area (Å²) in [7, 11) is 0. The van der Waals surface area contributed by atoms with E-state index in [1.807, 2.05) is 13.0 Å². The Labute approximate surface area is 139 Å². The summed E-state index contributed by atoms with van der Waals surface area (Å²) in [6, 6.07) is 1.82. The van der Waals surface area contributed by atoms with E-state index in [0.717, 1.165) is 11.1 Å². The molecule has 11 heteroatoms. The van der Waals surface area contributed by atoms with Gasteiger partial charge in [-0.25, -0.2) is 14.8 Å². The Bertz CT molecular complexity index is 718. The molecule has 0 atom stereocenters. The number of aryl methyl sites for hydroxylation is 2. The number of nitrogens with zero attached hydrogens (tertiary/aromatic N) is 4. The molecule has 0 aliphatic heterocycles. The fourth-order valence-corrected chi connectivity index (χ4v) is 1.40. The number of hydrogen-bond donors (Lipinski definition) is 2. The number of halogens is 3. The normalized spacial score (nSPS) is 10.6. The van der Waals surface area contributed by atoms with Gasteiger partial charge in [0, 0.05) is 24.0 Å². The van der Waals surface area contributed by atoms with E-state index in [-0.39, 0.29) is 6.42 Å². The van der Waals surface area contributed by atoms with Crippen LogP contribution in [0.1, 0.15) is 12.0 Å². The summed E-state index contributed by atoms with van der Waals surface area (Å²) in [6.07, 6.45) is 1.81. The van der Waals surface area contributed by atoms with Crippen LogP contribution in [-0.2, 0) is 16.1 Å². The van der Waals surface area contributed by atoms with Gasteiger partial charge < -0.3 is 10.2 Å². The lowest BCUT2D eigenvalue weighted by atomic mass is 10.3. The first-order valence-electron chi connectivity index (χ1n) is 6.76. The zero-order valence-corrected chi connectivity index (χ0v) is 12.9. The van der Waals surface area contributed by atoms with Gasteiger partial charge in [0.2, 0.25) is 0 Å². The third-order valence-electron chi connectivity index (χ3n) is 2.61. The summed E-state index contributed by atoms with van der Waals surface area (Å²) >= 11 is 0. The van der Waals surface area contributed by atoms with Crippen molar-refractivity contribution in [3.05, 3.63) is 36.4 Å². The Morgan fingerprint density at radius 3 is 2.12 bits per heavy atom. The molecule has 0 aromatic carbocycles. The predicted octanol–water partition coefficient (Wildman–Crippen LogP) is 1.24. The number of carboxylic acid groups (broad SMARTS) is 2. The van der Waals surface area contributed by atoms with Crippen LogP contribution in [0.3, 0.4) is 0 Å². The molecule has 0 amide bonds. The molecule has 0 fully saturated rings.